The first kappa shape index (κ1) is 16.1. The van der Waals surface area contributed by atoms with Crippen molar-refractivity contribution in [3.8, 4) is 17.0 Å². The molecule has 1 saturated carbocycles. The van der Waals surface area contributed by atoms with Gasteiger partial charge in [0.15, 0.2) is 0 Å². The number of rotatable bonds is 4. The molecule has 0 aliphatic heterocycles. The Balaban J connectivity index is 1.55. The van der Waals surface area contributed by atoms with E-state index in [4.69, 9.17) is 4.74 Å². The third-order valence-corrected chi connectivity index (χ3v) is 5.08. The third kappa shape index (κ3) is 2.69. The van der Waals surface area contributed by atoms with Gasteiger partial charge in [0.2, 0.25) is 11.8 Å². The monoisotopic (exact) mass is 364 g/mol. The Morgan fingerprint density at radius 2 is 2.11 bits per heavy atom. The van der Waals surface area contributed by atoms with Crippen LogP contribution in [-0.4, -0.2) is 47.8 Å². The molecule has 138 valence electrons. The smallest absolute Gasteiger partial charge is 0.244 e. The minimum absolute atomic E-state index is 0.167. The van der Waals surface area contributed by atoms with Crippen molar-refractivity contribution >= 4 is 17.1 Å². The molecule has 8 heteroatoms. The molecule has 8 nitrogen and oxygen atoms in total. The lowest BCUT2D eigenvalue weighted by atomic mass is 9.77. The number of hydrogen-bond acceptors (Lipinski definition) is 6. The van der Waals surface area contributed by atoms with Gasteiger partial charge in [-0.15, -0.1) is 5.10 Å². The molecule has 27 heavy (non-hydrogen) atoms. The number of imidazole rings is 1. The van der Waals surface area contributed by atoms with E-state index in [0.29, 0.717) is 24.7 Å². The number of hydrogen-bond donors (Lipinski definition) is 2. The first-order valence-electron chi connectivity index (χ1n) is 8.88. The Labute approximate surface area is 155 Å². The van der Waals surface area contributed by atoms with Gasteiger partial charge in [0.1, 0.15) is 11.2 Å². The Hall–Kier alpha value is -3.13. The lowest BCUT2D eigenvalue weighted by Crippen LogP contribution is -2.48. The Morgan fingerprint density at radius 3 is 2.89 bits per heavy atom. The standard InChI is InChI=1S/C19H20N6O2/c1-19(26)9-13(10-19)21-18-22-17(27-2)16-14(5-7-25(16)23-18)12-3-4-15-20-6-8-24(15)11-12/h3-8,11,13,26H,9-10H2,1-2H3,(H,21,23). The Bertz CT molecular complexity index is 1140. The summed E-state index contributed by atoms with van der Waals surface area (Å²) in [6.07, 6.45) is 8.97. The van der Waals surface area contributed by atoms with Crippen molar-refractivity contribution in [3.05, 3.63) is 43.0 Å². The van der Waals surface area contributed by atoms with E-state index in [9.17, 15) is 5.11 Å². The molecule has 4 aromatic heterocycles. The van der Waals surface area contributed by atoms with Crippen molar-refractivity contribution in [1.82, 2.24) is 24.0 Å². The summed E-state index contributed by atoms with van der Waals surface area (Å²) in [7, 11) is 1.61. The van der Waals surface area contributed by atoms with Gasteiger partial charge in [0.05, 0.1) is 12.7 Å². The maximum absolute atomic E-state index is 9.91. The van der Waals surface area contributed by atoms with Crippen LogP contribution in [0, 0.1) is 0 Å². The van der Waals surface area contributed by atoms with Crippen LogP contribution >= 0.6 is 0 Å². The third-order valence-electron chi connectivity index (χ3n) is 5.08. The fraction of sp³-hybridized carbons (Fsp3) is 0.316. The second kappa shape index (κ2) is 5.68. The van der Waals surface area contributed by atoms with E-state index in [-0.39, 0.29) is 6.04 Å². The van der Waals surface area contributed by atoms with Crippen molar-refractivity contribution < 1.29 is 9.84 Å². The van der Waals surface area contributed by atoms with Crippen molar-refractivity contribution in [1.29, 1.82) is 0 Å². The zero-order valence-corrected chi connectivity index (χ0v) is 15.1. The normalized spacial score (nSPS) is 22.1. The molecular weight excluding hydrogens is 344 g/mol. The summed E-state index contributed by atoms with van der Waals surface area (Å²) < 4.78 is 9.31. The lowest BCUT2D eigenvalue weighted by Gasteiger charge is -2.41. The van der Waals surface area contributed by atoms with E-state index in [2.05, 4.69) is 20.4 Å². The average molecular weight is 364 g/mol. The fourth-order valence-electron chi connectivity index (χ4n) is 3.79. The number of pyridine rings is 1. The van der Waals surface area contributed by atoms with Gasteiger partial charge in [0, 0.05) is 42.0 Å². The summed E-state index contributed by atoms with van der Waals surface area (Å²) in [6.45, 7) is 1.84. The summed E-state index contributed by atoms with van der Waals surface area (Å²) in [5.41, 5.74) is 3.12. The molecule has 0 saturated heterocycles. The van der Waals surface area contributed by atoms with Crippen LogP contribution in [0.3, 0.4) is 0 Å². The minimum atomic E-state index is -0.599. The molecule has 0 radical (unpaired) electrons. The van der Waals surface area contributed by atoms with Gasteiger partial charge in [-0.1, -0.05) is 0 Å². The van der Waals surface area contributed by atoms with E-state index in [1.165, 1.54) is 0 Å². The molecule has 2 N–H and O–H groups in total. The highest BCUT2D eigenvalue weighted by Crippen LogP contribution is 2.35. The van der Waals surface area contributed by atoms with Crippen LogP contribution in [0.1, 0.15) is 19.8 Å². The summed E-state index contributed by atoms with van der Waals surface area (Å²) in [4.78, 5) is 8.82. The number of methoxy groups -OCH3 is 1. The number of aromatic nitrogens is 5. The predicted molar refractivity (Wildman–Crippen MR) is 101 cm³/mol. The summed E-state index contributed by atoms with van der Waals surface area (Å²) in [5.74, 6) is 0.997. The highest BCUT2D eigenvalue weighted by atomic mass is 16.5. The summed E-state index contributed by atoms with van der Waals surface area (Å²) in [6, 6.07) is 6.17. The number of ether oxygens (including phenoxy) is 1. The van der Waals surface area contributed by atoms with E-state index in [1.54, 1.807) is 17.8 Å². The topological polar surface area (TPSA) is 89.0 Å². The van der Waals surface area contributed by atoms with Crippen molar-refractivity contribution in [2.24, 2.45) is 0 Å². The van der Waals surface area contributed by atoms with Crippen molar-refractivity contribution in [2.75, 3.05) is 12.4 Å². The van der Waals surface area contributed by atoms with Gasteiger partial charge >= 0.3 is 0 Å². The molecule has 0 bridgehead atoms. The van der Waals surface area contributed by atoms with E-state index in [0.717, 1.165) is 22.3 Å². The first-order chi connectivity index (χ1) is 13.0. The SMILES string of the molecule is COc1nc(NC2CC(C)(O)C2)nn2ccc(-c3ccc4nccn4c3)c12. The second-order valence-electron chi connectivity index (χ2n) is 7.32. The van der Waals surface area contributed by atoms with E-state index < -0.39 is 5.60 Å². The zero-order chi connectivity index (χ0) is 18.6. The number of nitrogens with one attached hydrogen (secondary N) is 1. The minimum Gasteiger partial charge on any atom is -0.479 e. The van der Waals surface area contributed by atoms with E-state index >= 15 is 0 Å². The molecule has 0 spiro atoms. The van der Waals surface area contributed by atoms with Crippen molar-refractivity contribution in [3.63, 3.8) is 0 Å². The quantitative estimate of drug-likeness (QED) is 0.578. The van der Waals surface area contributed by atoms with Crippen molar-refractivity contribution in [2.45, 2.75) is 31.4 Å². The van der Waals surface area contributed by atoms with E-state index in [1.807, 2.05) is 48.1 Å². The molecule has 1 aliphatic rings. The molecule has 0 amide bonds. The van der Waals surface area contributed by atoms with Gasteiger partial charge < -0.3 is 19.6 Å². The predicted octanol–water partition coefficient (Wildman–Crippen LogP) is 2.38. The molecule has 0 atom stereocenters. The van der Waals surface area contributed by atoms with Gasteiger partial charge in [-0.25, -0.2) is 9.50 Å². The molecule has 4 aromatic rings. The van der Waals surface area contributed by atoms with Crippen LogP contribution in [0.25, 0.3) is 22.3 Å². The summed E-state index contributed by atoms with van der Waals surface area (Å²) in [5, 5.41) is 17.7. The highest BCUT2D eigenvalue weighted by Gasteiger charge is 2.38. The Kier molecular flexibility index (Phi) is 3.38. The summed E-state index contributed by atoms with van der Waals surface area (Å²) >= 11 is 0. The molecule has 4 heterocycles. The van der Waals surface area contributed by atoms with Crippen LogP contribution in [0.5, 0.6) is 5.88 Å². The molecule has 1 fully saturated rings. The molecule has 1 aliphatic carbocycles. The largest absolute Gasteiger partial charge is 0.479 e. The number of anilines is 1. The van der Waals surface area contributed by atoms with Gasteiger partial charge in [-0.05, 0) is 38.0 Å². The molecule has 0 unspecified atom stereocenters. The maximum atomic E-state index is 9.91. The van der Waals surface area contributed by atoms with Crippen LogP contribution < -0.4 is 10.1 Å². The fourth-order valence-corrected chi connectivity index (χ4v) is 3.79. The molecular formula is C19H20N6O2. The molecule has 5 rings (SSSR count). The average Bonchev–Trinajstić information content (AvgIpc) is 3.25. The Morgan fingerprint density at radius 1 is 1.26 bits per heavy atom. The van der Waals surface area contributed by atoms with Gasteiger partial charge in [-0.3, -0.25) is 0 Å². The highest BCUT2D eigenvalue weighted by molar-refractivity contribution is 5.84. The molecule has 0 aromatic carbocycles. The maximum Gasteiger partial charge on any atom is 0.244 e. The number of fused-ring (bicyclic) bond motifs is 2. The zero-order valence-electron chi connectivity index (χ0n) is 15.1. The van der Waals surface area contributed by atoms with Gasteiger partial charge in [0.25, 0.3) is 0 Å². The van der Waals surface area contributed by atoms with Crippen LogP contribution in [0.4, 0.5) is 5.95 Å². The second-order valence-corrected chi connectivity index (χ2v) is 7.32. The lowest BCUT2D eigenvalue weighted by molar-refractivity contribution is -0.0236. The number of aliphatic hydroxyl groups is 1. The van der Waals surface area contributed by atoms with Gasteiger partial charge in [-0.2, -0.15) is 4.98 Å². The van der Waals surface area contributed by atoms with Crippen LogP contribution in [-0.2, 0) is 0 Å². The van der Waals surface area contributed by atoms with Crippen LogP contribution in [0.2, 0.25) is 0 Å². The number of nitrogens with zero attached hydrogens (tertiary/aromatic N) is 5. The van der Waals surface area contributed by atoms with Crippen LogP contribution in [0.15, 0.2) is 43.0 Å². The first-order valence-corrected chi connectivity index (χ1v) is 8.88.